The number of rotatable bonds is 4. The van der Waals surface area contributed by atoms with E-state index in [-0.39, 0.29) is 17.3 Å². The van der Waals surface area contributed by atoms with Gasteiger partial charge in [0.25, 0.3) is 10.0 Å². The third kappa shape index (κ3) is 2.71. The van der Waals surface area contributed by atoms with Gasteiger partial charge in [-0.3, -0.25) is 9.10 Å². The van der Waals surface area contributed by atoms with Gasteiger partial charge in [-0.05, 0) is 42.3 Å². The van der Waals surface area contributed by atoms with E-state index in [2.05, 4.69) is 5.32 Å². The SMILES string of the molecule is CCc1cc(S(=O)(=O)N2CC(=O)Nc3ccccc32)ccc1OC. The predicted molar refractivity (Wildman–Crippen MR) is 92.0 cm³/mol. The van der Waals surface area contributed by atoms with Crippen molar-refractivity contribution >= 4 is 27.3 Å². The Morgan fingerprint density at radius 3 is 2.67 bits per heavy atom. The lowest BCUT2D eigenvalue weighted by Gasteiger charge is -2.30. The van der Waals surface area contributed by atoms with E-state index in [1.807, 2.05) is 6.92 Å². The fourth-order valence-corrected chi connectivity index (χ4v) is 4.23. The number of para-hydroxylation sites is 2. The van der Waals surface area contributed by atoms with Crippen LogP contribution in [0.2, 0.25) is 0 Å². The van der Waals surface area contributed by atoms with Crippen LogP contribution in [0.15, 0.2) is 47.4 Å². The Hall–Kier alpha value is -2.54. The quantitative estimate of drug-likeness (QED) is 0.922. The van der Waals surface area contributed by atoms with Crippen LogP contribution in [0, 0.1) is 0 Å². The minimum Gasteiger partial charge on any atom is -0.496 e. The second-order valence-electron chi connectivity index (χ2n) is 5.40. The molecule has 0 radical (unpaired) electrons. The minimum absolute atomic E-state index is 0.143. The number of anilines is 2. The molecule has 0 aromatic heterocycles. The molecule has 1 amide bonds. The number of nitrogens with one attached hydrogen (secondary N) is 1. The Bertz CT molecular complexity index is 893. The highest BCUT2D eigenvalue weighted by molar-refractivity contribution is 7.92. The van der Waals surface area contributed by atoms with Crippen LogP contribution >= 0.6 is 0 Å². The van der Waals surface area contributed by atoms with Crippen LogP contribution in [0.3, 0.4) is 0 Å². The zero-order chi connectivity index (χ0) is 17.3. The van der Waals surface area contributed by atoms with Gasteiger partial charge in [0.05, 0.1) is 23.4 Å². The normalized spacial score (nSPS) is 14.1. The number of methoxy groups -OCH3 is 1. The first-order chi connectivity index (χ1) is 11.5. The second kappa shape index (κ2) is 6.16. The number of ether oxygens (including phenoxy) is 1. The summed E-state index contributed by atoms with van der Waals surface area (Å²) in [7, 11) is -2.30. The summed E-state index contributed by atoms with van der Waals surface area (Å²) in [6.07, 6.45) is 0.642. The number of hydrogen-bond donors (Lipinski definition) is 1. The summed E-state index contributed by atoms with van der Waals surface area (Å²) < 4.78 is 32.5. The summed E-state index contributed by atoms with van der Waals surface area (Å²) in [6, 6.07) is 11.6. The van der Waals surface area contributed by atoms with E-state index in [1.54, 1.807) is 43.5 Å². The Kier molecular flexibility index (Phi) is 4.19. The molecule has 0 atom stereocenters. The maximum atomic E-state index is 13.1. The molecule has 1 aliphatic heterocycles. The lowest BCUT2D eigenvalue weighted by atomic mass is 10.1. The van der Waals surface area contributed by atoms with Crippen molar-refractivity contribution in [2.24, 2.45) is 0 Å². The minimum atomic E-state index is -3.85. The molecule has 3 rings (SSSR count). The number of fused-ring (bicyclic) bond motifs is 1. The number of hydrogen-bond acceptors (Lipinski definition) is 4. The maximum absolute atomic E-state index is 13.1. The molecule has 0 fully saturated rings. The molecule has 1 heterocycles. The van der Waals surface area contributed by atoms with E-state index < -0.39 is 10.0 Å². The molecule has 0 spiro atoms. The molecule has 24 heavy (non-hydrogen) atoms. The standard InChI is InChI=1S/C17H18N2O4S/c1-3-12-10-13(8-9-16(12)23-2)24(21,22)19-11-17(20)18-14-6-4-5-7-15(14)19/h4-10H,3,11H2,1-2H3,(H,18,20). The highest BCUT2D eigenvalue weighted by atomic mass is 32.2. The molecular formula is C17H18N2O4S. The van der Waals surface area contributed by atoms with Gasteiger partial charge in [-0.2, -0.15) is 0 Å². The first-order valence-electron chi connectivity index (χ1n) is 7.56. The molecule has 0 bridgehead atoms. The van der Waals surface area contributed by atoms with Crippen molar-refractivity contribution in [3.8, 4) is 5.75 Å². The lowest BCUT2D eigenvalue weighted by Crippen LogP contribution is -2.42. The number of nitrogens with zero attached hydrogens (tertiary/aromatic N) is 1. The van der Waals surface area contributed by atoms with Gasteiger partial charge in [-0.15, -0.1) is 0 Å². The van der Waals surface area contributed by atoms with Crippen LogP contribution in [-0.2, 0) is 21.2 Å². The average molecular weight is 346 g/mol. The van der Waals surface area contributed by atoms with Crippen molar-refractivity contribution in [3.05, 3.63) is 48.0 Å². The zero-order valence-corrected chi connectivity index (χ0v) is 14.3. The fourth-order valence-electron chi connectivity index (χ4n) is 2.74. The van der Waals surface area contributed by atoms with E-state index in [9.17, 15) is 13.2 Å². The number of sulfonamides is 1. The fraction of sp³-hybridized carbons (Fsp3) is 0.235. The van der Waals surface area contributed by atoms with Crippen LogP contribution in [0.4, 0.5) is 11.4 Å². The first-order valence-corrected chi connectivity index (χ1v) is 9.00. The number of carbonyl (C=O) groups excluding carboxylic acids is 1. The van der Waals surface area contributed by atoms with E-state index in [0.717, 1.165) is 9.87 Å². The smallest absolute Gasteiger partial charge is 0.264 e. The Morgan fingerprint density at radius 2 is 1.96 bits per heavy atom. The summed E-state index contributed by atoms with van der Waals surface area (Å²) >= 11 is 0. The van der Waals surface area contributed by atoms with Gasteiger partial charge in [0.2, 0.25) is 5.91 Å². The first kappa shape index (κ1) is 16.3. The third-order valence-electron chi connectivity index (χ3n) is 3.95. The molecule has 2 aromatic rings. The van der Waals surface area contributed by atoms with Gasteiger partial charge in [0.15, 0.2) is 0 Å². The van der Waals surface area contributed by atoms with E-state index >= 15 is 0 Å². The van der Waals surface area contributed by atoms with E-state index in [0.29, 0.717) is 23.5 Å². The highest BCUT2D eigenvalue weighted by Crippen LogP contribution is 2.34. The van der Waals surface area contributed by atoms with Gasteiger partial charge in [-0.25, -0.2) is 8.42 Å². The van der Waals surface area contributed by atoms with Crippen molar-refractivity contribution < 1.29 is 17.9 Å². The molecule has 6 nitrogen and oxygen atoms in total. The van der Waals surface area contributed by atoms with Crippen LogP contribution < -0.4 is 14.4 Å². The Labute approximate surface area is 141 Å². The van der Waals surface area contributed by atoms with Gasteiger partial charge < -0.3 is 10.1 Å². The molecule has 0 saturated carbocycles. The van der Waals surface area contributed by atoms with Gasteiger partial charge in [0, 0.05) is 0 Å². The average Bonchev–Trinajstić information content (AvgIpc) is 2.60. The largest absolute Gasteiger partial charge is 0.496 e. The molecule has 0 unspecified atom stereocenters. The summed E-state index contributed by atoms with van der Waals surface area (Å²) in [6.45, 7) is 1.69. The molecule has 7 heteroatoms. The maximum Gasteiger partial charge on any atom is 0.264 e. The number of benzene rings is 2. The van der Waals surface area contributed by atoms with Gasteiger partial charge in [-0.1, -0.05) is 19.1 Å². The Balaban J connectivity index is 2.10. The molecule has 1 N–H and O–H groups in total. The summed E-state index contributed by atoms with van der Waals surface area (Å²) in [5, 5.41) is 2.69. The number of carbonyl (C=O) groups is 1. The highest BCUT2D eigenvalue weighted by Gasteiger charge is 2.32. The van der Waals surface area contributed by atoms with Crippen molar-refractivity contribution in [1.29, 1.82) is 0 Å². The van der Waals surface area contributed by atoms with Gasteiger partial charge in [0.1, 0.15) is 12.3 Å². The van der Waals surface area contributed by atoms with Crippen molar-refractivity contribution in [1.82, 2.24) is 0 Å². The molecule has 2 aromatic carbocycles. The van der Waals surface area contributed by atoms with Crippen LogP contribution in [0.25, 0.3) is 0 Å². The van der Waals surface area contributed by atoms with Crippen molar-refractivity contribution in [3.63, 3.8) is 0 Å². The molecule has 1 aliphatic rings. The molecular weight excluding hydrogens is 328 g/mol. The topological polar surface area (TPSA) is 75.7 Å². The monoisotopic (exact) mass is 346 g/mol. The summed E-state index contributed by atoms with van der Waals surface area (Å²) in [4.78, 5) is 12.0. The van der Waals surface area contributed by atoms with E-state index in [4.69, 9.17) is 4.74 Å². The van der Waals surface area contributed by atoms with E-state index in [1.165, 1.54) is 6.07 Å². The van der Waals surface area contributed by atoms with Crippen molar-refractivity contribution in [2.45, 2.75) is 18.2 Å². The van der Waals surface area contributed by atoms with Crippen LogP contribution in [-0.4, -0.2) is 28.0 Å². The Morgan fingerprint density at radius 1 is 1.21 bits per heavy atom. The van der Waals surface area contributed by atoms with Gasteiger partial charge >= 0.3 is 0 Å². The number of amides is 1. The molecule has 0 aliphatic carbocycles. The zero-order valence-electron chi connectivity index (χ0n) is 13.4. The van der Waals surface area contributed by atoms with Crippen molar-refractivity contribution in [2.75, 3.05) is 23.3 Å². The molecule has 0 saturated heterocycles. The third-order valence-corrected chi connectivity index (χ3v) is 5.71. The second-order valence-corrected chi connectivity index (χ2v) is 7.27. The van der Waals surface area contributed by atoms with Crippen LogP contribution in [0.1, 0.15) is 12.5 Å². The summed E-state index contributed by atoms with van der Waals surface area (Å²) in [5.74, 6) is 0.287. The molecule has 126 valence electrons. The summed E-state index contributed by atoms with van der Waals surface area (Å²) in [5.41, 5.74) is 1.75. The van der Waals surface area contributed by atoms with Crippen LogP contribution in [0.5, 0.6) is 5.75 Å². The predicted octanol–water partition coefficient (Wildman–Crippen LogP) is 2.41. The lowest BCUT2D eigenvalue weighted by molar-refractivity contribution is -0.115. The number of aryl methyl sites for hydroxylation is 1.